The maximum atomic E-state index is 5.33. The Morgan fingerprint density at radius 3 is 1.62 bits per heavy atom. The van der Waals surface area contributed by atoms with E-state index in [0.717, 1.165) is 72.5 Å². The van der Waals surface area contributed by atoms with Crippen LogP contribution in [0, 0.1) is 0 Å². The number of hydrogen-bond donors (Lipinski definition) is 0. The van der Waals surface area contributed by atoms with Crippen molar-refractivity contribution < 1.29 is 0 Å². The lowest BCUT2D eigenvalue weighted by Crippen LogP contribution is -2.10. The number of nitrogens with zero attached hydrogens (tertiary/aromatic N) is 3. The summed E-state index contributed by atoms with van der Waals surface area (Å²) in [6, 6.07) is 75.1. The molecule has 0 aliphatic carbocycles. The predicted molar refractivity (Wildman–Crippen MR) is 231 cm³/mol. The normalized spacial score (nSPS) is 11.3. The average Bonchev–Trinajstić information content (AvgIpc) is 3.27. The van der Waals surface area contributed by atoms with E-state index in [0.29, 0.717) is 0 Å². The van der Waals surface area contributed by atoms with Gasteiger partial charge < -0.3 is 4.90 Å². The fourth-order valence-electron chi connectivity index (χ4n) is 7.79. The van der Waals surface area contributed by atoms with Crippen molar-refractivity contribution in [2.75, 3.05) is 4.90 Å². The van der Waals surface area contributed by atoms with Crippen molar-refractivity contribution >= 4 is 49.6 Å². The maximum Gasteiger partial charge on any atom is 0.0973 e. The molecule has 1 heterocycles. The van der Waals surface area contributed by atoms with Gasteiger partial charge >= 0.3 is 0 Å². The molecule has 0 fully saturated rings. The topological polar surface area (TPSA) is 29.0 Å². The minimum Gasteiger partial charge on any atom is -0.310 e. The second-order valence-corrected chi connectivity index (χ2v) is 13.8. The van der Waals surface area contributed by atoms with Crippen LogP contribution in [0.3, 0.4) is 0 Å². The van der Waals surface area contributed by atoms with Crippen LogP contribution < -0.4 is 4.90 Å². The molecule has 55 heavy (non-hydrogen) atoms. The van der Waals surface area contributed by atoms with Crippen molar-refractivity contribution in [1.82, 2.24) is 9.97 Å². The number of rotatable bonds is 7. The zero-order valence-electron chi connectivity index (χ0n) is 30.0. The van der Waals surface area contributed by atoms with Gasteiger partial charge in [0.15, 0.2) is 0 Å². The highest BCUT2D eigenvalue weighted by atomic mass is 15.1. The highest BCUT2D eigenvalue weighted by Crippen LogP contribution is 2.41. The van der Waals surface area contributed by atoms with E-state index in [-0.39, 0.29) is 0 Å². The molecule has 10 rings (SSSR count). The number of hydrogen-bond acceptors (Lipinski definition) is 3. The van der Waals surface area contributed by atoms with Crippen LogP contribution in [0.25, 0.3) is 77.3 Å². The molecule has 3 nitrogen and oxygen atoms in total. The summed E-state index contributed by atoms with van der Waals surface area (Å²) >= 11 is 0. The molecule has 0 saturated heterocycles. The number of anilines is 3. The Bertz CT molecular complexity index is 2950. The van der Waals surface area contributed by atoms with Crippen LogP contribution in [0.4, 0.5) is 17.1 Å². The maximum absolute atomic E-state index is 5.33. The highest BCUT2D eigenvalue weighted by molar-refractivity contribution is 6.07. The Kier molecular flexibility index (Phi) is 8.16. The molecule has 258 valence electrons. The second-order valence-electron chi connectivity index (χ2n) is 13.8. The molecule has 0 bridgehead atoms. The molecule has 0 atom stereocenters. The van der Waals surface area contributed by atoms with E-state index in [1.54, 1.807) is 0 Å². The lowest BCUT2D eigenvalue weighted by molar-refractivity contribution is 1.30. The molecule has 0 unspecified atom stereocenters. The van der Waals surface area contributed by atoms with E-state index >= 15 is 0 Å². The first kappa shape index (κ1) is 32.3. The Labute approximate surface area is 320 Å². The summed E-state index contributed by atoms with van der Waals surface area (Å²) in [5.41, 5.74) is 13.7. The number of benzene rings is 9. The van der Waals surface area contributed by atoms with Crippen molar-refractivity contribution in [3.8, 4) is 44.8 Å². The molecule has 0 aliphatic heterocycles. The SMILES string of the molecule is c1ccc(-c2nc3ccc4cc(-c5ccccc5-c5ccc(N(c6ccccc6)c6cccc7ccccc67)cc5)ccc4c3nc2-c2ccccc2)cc1. The second kappa shape index (κ2) is 13.9. The average molecular weight is 702 g/mol. The summed E-state index contributed by atoms with van der Waals surface area (Å²) in [4.78, 5) is 12.9. The molecule has 0 aliphatic rings. The van der Waals surface area contributed by atoms with Crippen molar-refractivity contribution in [3.05, 3.63) is 212 Å². The van der Waals surface area contributed by atoms with Crippen LogP contribution in [0.2, 0.25) is 0 Å². The molecule has 0 amide bonds. The lowest BCUT2D eigenvalue weighted by atomic mass is 9.93. The minimum absolute atomic E-state index is 0.882. The molecule has 0 spiro atoms. The van der Waals surface area contributed by atoms with Crippen LogP contribution in [0.1, 0.15) is 0 Å². The van der Waals surface area contributed by atoms with Crippen molar-refractivity contribution in [2.24, 2.45) is 0 Å². The van der Waals surface area contributed by atoms with E-state index in [9.17, 15) is 0 Å². The van der Waals surface area contributed by atoms with Gasteiger partial charge in [-0.2, -0.15) is 0 Å². The summed E-state index contributed by atoms with van der Waals surface area (Å²) in [6.45, 7) is 0. The third-order valence-corrected chi connectivity index (χ3v) is 10.4. The van der Waals surface area contributed by atoms with Crippen molar-refractivity contribution in [1.29, 1.82) is 0 Å². The molecule has 0 N–H and O–H groups in total. The molecule has 0 radical (unpaired) electrons. The first-order chi connectivity index (χ1) is 27.3. The fourth-order valence-corrected chi connectivity index (χ4v) is 7.79. The van der Waals surface area contributed by atoms with Crippen LogP contribution in [-0.4, -0.2) is 9.97 Å². The van der Waals surface area contributed by atoms with Crippen LogP contribution in [-0.2, 0) is 0 Å². The first-order valence-electron chi connectivity index (χ1n) is 18.7. The van der Waals surface area contributed by atoms with E-state index in [1.165, 1.54) is 21.9 Å². The molecular weight excluding hydrogens is 667 g/mol. The van der Waals surface area contributed by atoms with Crippen LogP contribution in [0.15, 0.2) is 212 Å². The van der Waals surface area contributed by atoms with E-state index in [2.05, 4.69) is 205 Å². The van der Waals surface area contributed by atoms with Gasteiger partial charge in [-0.15, -0.1) is 0 Å². The van der Waals surface area contributed by atoms with Crippen LogP contribution >= 0.6 is 0 Å². The predicted octanol–water partition coefficient (Wildman–Crippen LogP) is 14.1. The van der Waals surface area contributed by atoms with Gasteiger partial charge in [0, 0.05) is 33.3 Å². The summed E-state index contributed by atoms with van der Waals surface area (Å²) in [7, 11) is 0. The van der Waals surface area contributed by atoms with E-state index in [1.807, 2.05) is 12.1 Å². The van der Waals surface area contributed by atoms with Gasteiger partial charge in [-0.05, 0) is 75.5 Å². The zero-order valence-corrected chi connectivity index (χ0v) is 30.0. The standard InChI is InChI=1S/C52H35N3/c1-4-16-38(17-5-1)50-51(39-18-6-2-7-19-39)54-52-47-33-29-40(35-41(47)30-34-48(52)53-50)45-24-13-12-23-44(45)37-27-31-43(32-28-37)55(42-21-8-3-9-22-42)49-26-14-20-36-15-10-11-25-46(36)49/h1-35H. The van der Waals surface area contributed by atoms with E-state index in [4.69, 9.17) is 9.97 Å². The quantitative estimate of drug-likeness (QED) is 0.155. The monoisotopic (exact) mass is 701 g/mol. The third kappa shape index (κ3) is 5.98. The molecule has 0 saturated carbocycles. The Balaban J connectivity index is 1.05. The van der Waals surface area contributed by atoms with Gasteiger partial charge in [0.1, 0.15) is 0 Å². The molecule has 3 heteroatoms. The summed E-state index contributed by atoms with van der Waals surface area (Å²) in [5.74, 6) is 0. The molecule has 10 aromatic rings. The first-order valence-corrected chi connectivity index (χ1v) is 18.7. The third-order valence-electron chi connectivity index (χ3n) is 10.4. The lowest BCUT2D eigenvalue weighted by Gasteiger charge is -2.27. The fraction of sp³-hybridized carbons (Fsp3) is 0. The van der Waals surface area contributed by atoms with Gasteiger partial charge in [0.25, 0.3) is 0 Å². The molecule has 9 aromatic carbocycles. The summed E-state index contributed by atoms with van der Waals surface area (Å²) in [5, 5.41) is 4.65. The summed E-state index contributed by atoms with van der Waals surface area (Å²) < 4.78 is 0. The molecule has 1 aromatic heterocycles. The van der Waals surface area contributed by atoms with Crippen molar-refractivity contribution in [2.45, 2.75) is 0 Å². The smallest absolute Gasteiger partial charge is 0.0973 e. The van der Waals surface area contributed by atoms with Gasteiger partial charge in [-0.3, -0.25) is 0 Å². The molecular formula is C52H35N3. The summed E-state index contributed by atoms with van der Waals surface area (Å²) in [6.07, 6.45) is 0. The van der Waals surface area contributed by atoms with Gasteiger partial charge in [-0.25, -0.2) is 9.97 Å². The minimum atomic E-state index is 0.882. The number of para-hydroxylation sites is 1. The van der Waals surface area contributed by atoms with Gasteiger partial charge in [0.05, 0.1) is 28.1 Å². The Morgan fingerprint density at radius 1 is 0.327 bits per heavy atom. The highest BCUT2D eigenvalue weighted by Gasteiger charge is 2.18. The number of aromatic nitrogens is 2. The van der Waals surface area contributed by atoms with Gasteiger partial charge in [-0.1, -0.05) is 170 Å². The van der Waals surface area contributed by atoms with E-state index < -0.39 is 0 Å². The van der Waals surface area contributed by atoms with Crippen molar-refractivity contribution in [3.63, 3.8) is 0 Å². The van der Waals surface area contributed by atoms with Gasteiger partial charge in [0.2, 0.25) is 0 Å². The zero-order chi connectivity index (χ0) is 36.6. The Hall–Kier alpha value is -7.36. The van der Waals surface area contributed by atoms with Crippen LogP contribution in [0.5, 0.6) is 0 Å². The largest absolute Gasteiger partial charge is 0.310 e. The number of fused-ring (bicyclic) bond motifs is 4. The Morgan fingerprint density at radius 2 is 0.891 bits per heavy atom.